The average Bonchev–Trinajstić information content (AvgIpc) is 2.89. The summed E-state index contributed by atoms with van der Waals surface area (Å²) < 4.78 is 1.08. The molecule has 2 heterocycles. The van der Waals surface area contributed by atoms with E-state index < -0.39 is 0 Å². The predicted molar refractivity (Wildman–Crippen MR) is 93.3 cm³/mol. The van der Waals surface area contributed by atoms with Gasteiger partial charge in [0.2, 0.25) is 0 Å². The van der Waals surface area contributed by atoms with Crippen LogP contribution in [-0.4, -0.2) is 17.0 Å². The van der Waals surface area contributed by atoms with E-state index in [2.05, 4.69) is 51.4 Å². The summed E-state index contributed by atoms with van der Waals surface area (Å²) in [5, 5.41) is 4.31. The van der Waals surface area contributed by atoms with E-state index >= 15 is 0 Å². The molecule has 0 aliphatic rings. The van der Waals surface area contributed by atoms with Gasteiger partial charge in [0, 0.05) is 22.8 Å². The standard InChI is InChI=1S/C16H16BrN3S/c1-3-12-9-13-15(18-2)19-14(20-16(13)21-12)8-10-5-4-6-11(17)7-10/h4-7,9H,3,8H2,1-2H3,(H,18,19,20). The number of aryl methyl sites for hydroxylation is 1. The Labute approximate surface area is 136 Å². The van der Waals surface area contributed by atoms with E-state index in [9.17, 15) is 0 Å². The van der Waals surface area contributed by atoms with Crippen molar-refractivity contribution in [1.29, 1.82) is 0 Å². The fourth-order valence-corrected chi connectivity index (χ4v) is 3.72. The van der Waals surface area contributed by atoms with Crippen LogP contribution in [-0.2, 0) is 12.8 Å². The molecule has 108 valence electrons. The quantitative estimate of drug-likeness (QED) is 0.734. The summed E-state index contributed by atoms with van der Waals surface area (Å²) in [5.74, 6) is 1.77. The van der Waals surface area contributed by atoms with E-state index in [-0.39, 0.29) is 0 Å². The predicted octanol–water partition coefficient (Wildman–Crippen LogP) is 4.65. The second-order valence-electron chi connectivity index (χ2n) is 4.83. The Morgan fingerprint density at radius 1 is 1.24 bits per heavy atom. The van der Waals surface area contributed by atoms with Crippen LogP contribution in [0.1, 0.15) is 23.2 Å². The van der Waals surface area contributed by atoms with E-state index in [1.54, 1.807) is 11.3 Å². The molecule has 0 unspecified atom stereocenters. The Morgan fingerprint density at radius 3 is 2.81 bits per heavy atom. The Hall–Kier alpha value is -1.46. The maximum atomic E-state index is 4.73. The van der Waals surface area contributed by atoms with Crippen LogP contribution in [0.4, 0.5) is 5.82 Å². The zero-order valence-corrected chi connectivity index (χ0v) is 14.4. The first-order valence-electron chi connectivity index (χ1n) is 6.91. The molecule has 0 fully saturated rings. The first kappa shape index (κ1) is 14.5. The number of nitrogens with one attached hydrogen (secondary N) is 1. The van der Waals surface area contributed by atoms with E-state index in [1.807, 2.05) is 19.2 Å². The monoisotopic (exact) mass is 361 g/mol. The largest absolute Gasteiger partial charge is 0.372 e. The molecule has 21 heavy (non-hydrogen) atoms. The fraction of sp³-hybridized carbons (Fsp3) is 0.250. The number of aromatic nitrogens is 2. The molecule has 1 N–H and O–H groups in total. The summed E-state index contributed by atoms with van der Waals surface area (Å²) >= 11 is 5.26. The summed E-state index contributed by atoms with van der Waals surface area (Å²) in [4.78, 5) is 11.8. The van der Waals surface area contributed by atoms with Crippen molar-refractivity contribution in [3.63, 3.8) is 0 Å². The lowest BCUT2D eigenvalue weighted by atomic mass is 10.1. The molecule has 3 nitrogen and oxygen atoms in total. The minimum absolute atomic E-state index is 0.740. The topological polar surface area (TPSA) is 37.8 Å². The van der Waals surface area contributed by atoms with Crippen molar-refractivity contribution in [3.05, 3.63) is 51.1 Å². The Morgan fingerprint density at radius 2 is 2.10 bits per heavy atom. The highest BCUT2D eigenvalue weighted by molar-refractivity contribution is 9.10. The van der Waals surface area contributed by atoms with Crippen LogP contribution in [0, 0.1) is 0 Å². The van der Waals surface area contributed by atoms with Crippen LogP contribution < -0.4 is 5.32 Å². The molecule has 0 atom stereocenters. The van der Waals surface area contributed by atoms with Crippen molar-refractivity contribution < 1.29 is 0 Å². The van der Waals surface area contributed by atoms with Gasteiger partial charge in [-0.15, -0.1) is 11.3 Å². The number of nitrogens with zero attached hydrogens (tertiary/aromatic N) is 2. The van der Waals surface area contributed by atoms with Gasteiger partial charge >= 0.3 is 0 Å². The lowest BCUT2D eigenvalue weighted by molar-refractivity contribution is 0.997. The van der Waals surface area contributed by atoms with Crippen molar-refractivity contribution in [1.82, 2.24) is 9.97 Å². The Balaban J connectivity index is 2.02. The summed E-state index contributed by atoms with van der Waals surface area (Å²) in [6, 6.07) is 10.5. The molecule has 0 saturated carbocycles. The van der Waals surface area contributed by atoms with Gasteiger partial charge in [-0.05, 0) is 30.2 Å². The Bertz CT molecular complexity index is 782. The van der Waals surface area contributed by atoms with Gasteiger partial charge in [-0.1, -0.05) is 35.0 Å². The number of hydrogen-bond donors (Lipinski definition) is 1. The molecule has 0 amide bonds. The lowest BCUT2D eigenvalue weighted by Gasteiger charge is -2.05. The van der Waals surface area contributed by atoms with Crippen molar-refractivity contribution in [2.24, 2.45) is 0 Å². The highest BCUT2D eigenvalue weighted by atomic mass is 79.9. The smallest absolute Gasteiger partial charge is 0.138 e. The normalized spacial score (nSPS) is 11.0. The number of rotatable bonds is 4. The van der Waals surface area contributed by atoms with Gasteiger partial charge in [0.15, 0.2) is 0 Å². The number of fused-ring (bicyclic) bond motifs is 1. The van der Waals surface area contributed by atoms with Gasteiger partial charge in [-0.3, -0.25) is 0 Å². The number of anilines is 1. The number of benzene rings is 1. The molecule has 0 aliphatic carbocycles. The molecule has 0 saturated heterocycles. The first-order chi connectivity index (χ1) is 10.2. The highest BCUT2D eigenvalue weighted by Crippen LogP contribution is 2.29. The molecule has 0 bridgehead atoms. The first-order valence-corrected chi connectivity index (χ1v) is 8.52. The van der Waals surface area contributed by atoms with Crippen LogP contribution >= 0.6 is 27.3 Å². The average molecular weight is 362 g/mol. The second-order valence-corrected chi connectivity index (χ2v) is 6.86. The highest BCUT2D eigenvalue weighted by Gasteiger charge is 2.11. The van der Waals surface area contributed by atoms with Gasteiger partial charge in [-0.2, -0.15) is 0 Å². The summed E-state index contributed by atoms with van der Waals surface area (Å²) in [5.41, 5.74) is 1.21. The summed E-state index contributed by atoms with van der Waals surface area (Å²) in [6.07, 6.45) is 1.77. The van der Waals surface area contributed by atoms with Gasteiger partial charge in [0.05, 0.1) is 5.39 Å². The number of hydrogen-bond acceptors (Lipinski definition) is 4. The van der Waals surface area contributed by atoms with Gasteiger partial charge in [0.1, 0.15) is 16.5 Å². The zero-order valence-electron chi connectivity index (χ0n) is 12.0. The molecule has 1 aromatic carbocycles. The summed E-state index contributed by atoms with van der Waals surface area (Å²) in [6.45, 7) is 2.17. The minimum Gasteiger partial charge on any atom is -0.372 e. The van der Waals surface area contributed by atoms with Crippen LogP contribution in [0.15, 0.2) is 34.8 Å². The van der Waals surface area contributed by atoms with Crippen LogP contribution in [0.3, 0.4) is 0 Å². The lowest BCUT2D eigenvalue weighted by Crippen LogP contribution is -2.01. The van der Waals surface area contributed by atoms with Crippen molar-refractivity contribution in [2.45, 2.75) is 19.8 Å². The third-order valence-electron chi connectivity index (χ3n) is 3.33. The minimum atomic E-state index is 0.740. The third-order valence-corrected chi connectivity index (χ3v) is 4.99. The van der Waals surface area contributed by atoms with Crippen molar-refractivity contribution in [3.8, 4) is 0 Å². The van der Waals surface area contributed by atoms with Crippen LogP contribution in [0.5, 0.6) is 0 Å². The zero-order chi connectivity index (χ0) is 14.8. The molecule has 5 heteroatoms. The maximum Gasteiger partial charge on any atom is 0.138 e. The molecular weight excluding hydrogens is 346 g/mol. The molecule has 3 rings (SSSR count). The number of thiophene rings is 1. The van der Waals surface area contributed by atoms with Gasteiger partial charge in [-0.25, -0.2) is 9.97 Å². The molecule has 0 spiro atoms. The second kappa shape index (κ2) is 6.12. The Kier molecular flexibility index (Phi) is 4.22. The molecule has 3 aromatic rings. The SMILES string of the molecule is CCc1cc2c(NC)nc(Cc3cccc(Br)c3)nc2s1. The molecule has 0 aliphatic heterocycles. The van der Waals surface area contributed by atoms with Crippen LogP contribution in [0.2, 0.25) is 0 Å². The summed E-state index contributed by atoms with van der Waals surface area (Å²) in [7, 11) is 1.91. The van der Waals surface area contributed by atoms with Crippen LogP contribution in [0.25, 0.3) is 10.2 Å². The molecule has 0 radical (unpaired) electrons. The molecular formula is C16H16BrN3S. The van der Waals surface area contributed by atoms with E-state index in [0.717, 1.165) is 39.2 Å². The fourth-order valence-electron chi connectivity index (χ4n) is 2.29. The van der Waals surface area contributed by atoms with Gasteiger partial charge in [0.25, 0.3) is 0 Å². The van der Waals surface area contributed by atoms with E-state index in [1.165, 1.54) is 10.4 Å². The van der Waals surface area contributed by atoms with Crippen molar-refractivity contribution >= 4 is 43.3 Å². The van der Waals surface area contributed by atoms with E-state index in [0.29, 0.717) is 0 Å². The third kappa shape index (κ3) is 3.09. The maximum absolute atomic E-state index is 4.73. The van der Waals surface area contributed by atoms with E-state index in [4.69, 9.17) is 4.98 Å². The van der Waals surface area contributed by atoms with Gasteiger partial charge < -0.3 is 5.32 Å². The molecule has 2 aromatic heterocycles. The number of halogens is 1. The van der Waals surface area contributed by atoms with Crippen molar-refractivity contribution in [2.75, 3.05) is 12.4 Å².